The zero-order valence-corrected chi connectivity index (χ0v) is 24.4. The van der Waals surface area contributed by atoms with Gasteiger partial charge in [0, 0.05) is 12.0 Å². The monoisotopic (exact) mass is 568 g/mol. The largest absolute Gasteiger partial charge is 0.507 e. The molecule has 0 saturated carbocycles. The normalized spacial score (nSPS) is 19.6. The second kappa shape index (κ2) is 10.7. The van der Waals surface area contributed by atoms with Gasteiger partial charge >= 0.3 is 5.91 Å². The number of aliphatic hydroxyl groups excluding tert-OH is 1. The Labute approximate surface area is 243 Å². The molecule has 1 N–H and O–H groups in total. The molecule has 2 atom stereocenters. The lowest BCUT2D eigenvalue weighted by atomic mass is 9.94. The van der Waals surface area contributed by atoms with Gasteiger partial charge in [0.05, 0.1) is 28.4 Å². The lowest BCUT2D eigenvalue weighted by Gasteiger charge is -2.23. The van der Waals surface area contributed by atoms with Crippen LogP contribution < -0.4 is 14.4 Å². The third kappa shape index (κ3) is 4.86. The third-order valence-corrected chi connectivity index (χ3v) is 8.58. The summed E-state index contributed by atoms with van der Waals surface area (Å²) in [5.74, 6) is -0.282. The number of thiazole rings is 1. The zero-order chi connectivity index (χ0) is 28.8. The Hall–Kier alpha value is -4.17. The Morgan fingerprint density at radius 3 is 2.78 bits per heavy atom. The van der Waals surface area contributed by atoms with Crippen LogP contribution in [0.25, 0.3) is 16.0 Å². The molecule has 1 aromatic heterocycles. The molecule has 3 aromatic carbocycles. The number of aryl methyl sites for hydroxylation is 2. The SMILES string of the molecule is CCCCOc1cccc([C@H]2C(=C(O)c3ccc4c(c3)C[C@H](C)O4)C(=O)C(=O)N2c2nc3c(C)cc(C)cc3s2)c1. The second-order valence-electron chi connectivity index (χ2n) is 10.8. The van der Waals surface area contributed by atoms with Crippen LogP contribution in [-0.2, 0) is 16.0 Å². The number of ketones is 1. The van der Waals surface area contributed by atoms with Gasteiger partial charge in [-0.1, -0.05) is 42.9 Å². The Morgan fingerprint density at radius 1 is 1.15 bits per heavy atom. The highest BCUT2D eigenvalue weighted by Crippen LogP contribution is 2.45. The van der Waals surface area contributed by atoms with E-state index in [9.17, 15) is 14.7 Å². The van der Waals surface area contributed by atoms with Gasteiger partial charge in [-0.25, -0.2) is 4.98 Å². The fourth-order valence-electron chi connectivity index (χ4n) is 5.64. The maximum atomic E-state index is 13.7. The fraction of sp³-hybridized carbons (Fsp3) is 0.303. The summed E-state index contributed by atoms with van der Waals surface area (Å²) < 4.78 is 12.7. The van der Waals surface area contributed by atoms with Gasteiger partial charge in [-0.3, -0.25) is 14.5 Å². The zero-order valence-electron chi connectivity index (χ0n) is 23.6. The molecule has 1 fully saturated rings. The summed E-state index contributed by atoms with van der Waals surface area (Å²) in [5, 5.41) is 12.1. The van der Waals surface area contributed by atoms with Crippen molar-refractivity contribution in [2.24, 2.45) is 0 Å². The van der Waals surface area contributed by atoms with E-state index in [0.29, 0.717) is 35.0 Å². The van der Waals surface area contributed by atoms with E-state index in [0.717, 1.165) is 45.5 Å². The smallest absolute Gasteiger partial charge is 0.301 e. The van der Waals surface area contributed by atoms with Crippen molar-refractivity contribution in [3.63, 3.8) is 0 Å². The Kier molecular flexibility index (Phi) is 7.03. The predicted octanol–water partition coefficient (Wildman–Crippen LogP) is 7.04. The summed E-state index contributed by atoms with van der Waals surface area (Å²) in [6, 6.07) is 16.0. The summed E-state index contributed by atoms with van der Waals surface area (Å²) in [6.45, 7) is 8.65. The topological polar surface area (TPSA) is 89.0 Å². The van der Waals surface area contributed by atoms with Gasteiger partial charge in [0.15, 0.2) is 5.13 Å². The van der Waals surface area contributed by atoms with E-state index < -0.39 is 17.7 Å². The molecular formula is C33H32N2O5S. The number of rotatable bonds is 7. The molecule has 0 unspecified atom stereocenters. The third-order valence-electron chi connectivity index (χ3n) is 7.58. The van der Waals surface area contributed by atoms with Crippen LogP contribution >= 0.6 is 11.3 Å². The average Bonchev–Trinajstić information content (AvgIpc) is 3.61. The first-order chi connectivity index (χ1) is 19.7. The first kappa shape index (κ1) is 27.0. The molecule has 1 saturated heterocycles. The molecule has 0 radical (unpaired) electrons. The van der Waals surface area contributed by atoms with Crippen LogP contribution in [0.15, 0.2) is 60.2 Å². The second-order valence-corrected chi connectivity index (χ2v) is 11.8. The van der Waals surface area contributed by atoms with Gasteiger partial charge in [-0.05, 0) is 85.8 Å². The predicted molar refractivity (Wildman–Crippen MR) is 161 cm³/mol. The number of nitrogens with zero attached hydrogens (tertiary/aromatic N) is 2. The van der Waals surface area contributed by atoms with Crippen LogP contribution in [0, 0.1) is 13.8 Å². The maximum absolute atomic E-state index is 13.7. The highest BCUT2D eigenvalue weighted by molar-refractivity contribution is 7.22. The number of Topliss-reactive ketones (excluding diaryl/α,β-unsaturated/α-hetero) is 1. The summed E-state index contributed by atoms with van der Waals surface area (Å²) in [5.41, 5.74) is 4.99. The van der Waals surface area contributed by atoms with E-state index >= 15 is 0 Å². The molecule has 1 amide bonds. The Bertz CT molecular complexity index is 1720. The quantitative estimate of drug-likeness (QED) is 0.111. The van der Waals surface area contributed by atoms with Gasteiger partial charge in [0.25, 0.3) is 5.78 Å². The molecule has 7 nitrogen and oxygen atoms in total. The highest BCUT2D eigenvalue weighted by atomic mass is 32.1. The summed E-state index contributed by atoms with van der Waals surface area (Å²) in [7, 11) is 0. The molecule has 41 heavy (non-hydrogen) atoms. The Balaban J connectivity index is 1.51. The number of aromatic nitrogens is 1. The minimum Gasteiger partial charge on any atom is -0.507 e. The summed E-state index contributed by atoms with van der Waals surface area (Å²) in [4.78, 5) is 33.7. The number of ether oxygens (including phenoxy) is 2. The lowest BCUT2D eigenvalue weighted by molar-refractivity contribution is -0.132. The molecule has 210 valence electrons. The van der Waals surface area contributed by atoms with Crippen molar-refractivity contribution in [3.8, 4) is 11.5 Å². The summed E-state index contributed by atoms with van der Waals surface area (Å²) in [6.07, 6.45) is 2.65. The van der Waals surface area contributed by atoms with Crippen LogP contribution in [0.5, 0.6) is 11.5 Å². The number of carbonyl (C=O) groups excluding carboxylic acids is 2. The van der Waals surface area contributed by atoms with Crippen molar-refractivity contribution in [1.82, 2.24) is 4.98 Å². The number of carbonyl (C=O) groups is 2. The van der Waals surface area contributed by atoms with Crippen LogP contribution in [0.4, 0.5) is 5.13 Å². The number of amides is 1. The van der Waals surface area contributed by atoms with Crippen molar-refractivity contribution >= 4 is 44.1 Å². The van der Waals surface area contributed by atoms with E-state index in [1.54, 1.807) is 12.1 Å². The minimum absolute atomic E-state index is 0.0276. The van der Waals surface area contributed by atoms with Crippen molar-refractivity contribution < 1.29 is 24.2 Å². The van der Waals surface area contributed by atoms with Crippen LogP contribution in [0.1, 0.15) is 60.5 Å². The van der Waals surface area contributed by atoms with Gasteiger partial charge in [0.1, 0.15) is 23.4 Å². The van der Waals surface area contributed by atoms with Gasteiger partial charge < -0.3 is 14.6 Å². The maximum Gasteiger partial charge on any atom is 0.301 e. The molecule has 0 aliphatic carbocycles. The average molecular weight is 569 g/mol. The van der Waals surface area contributed by atoms with Gasteiger partial charge in [-0.15, -0.1) is 0 Å². The number of unbranched alkanes of at least 4 members (excludes halogenated alkanes) is 1. The molecule has 4 aromatic rings. The van der Waals surface area contributed by atoms with Crippen molar-refractivity contribution in [3.05, 3.63) is 88.0 Å². The van der Waals surface area contributed by atoms with E-state index in [1.807, 2.05) is 63.2 Å². The number of aliphatic hydroxyl groups is 1. The van der Waals surface area contributed by atoms with Gasteiger partial charge in [0.2, 0.25) is 0 Å². The Morgan fingerprint density at radius 2 is 1.98 bits per heavy atom. The van der Waals surface area contributed by atoms with E-state index in [4.69, 9.17) is 14.5 Å². The fourth-order valence-corrected chi connectivity index (χ4v) is 6.81. The number of hydrogen-bond acceptors (Lipinski definition) is 7. The van der Waals surface area contributed by atoms with Gasteiger partial charge in [-0.2, -0.15) is 0 Å². The minimum atomic E-state index is -0.880. The van der Waals surface area contributed by atoms with E-state index in [1.165, 1.54) is 16.2 Å². The molecule has 2 aliphatic rings. The molecule has 2 aliphatic heterocycles. The molecule has 8 heteroatoms. The van der Waals surface area contributed by atoms with Crippen molar-refractivity contribution in [1.29, 1.82) is 0 Å². The highest BCUT2D eigenvalue weighted by Gasteiger charge is 2.48. The standard InChI is InChI=1S/C33H32N2O5S/c1-5-6-12-39-24-9-7-8-21(17-24)29-27(30(36)22-10-11-25-23(16-22)15-20(4)40-25)31(37)32(38)35(29)33-34-28-19(3)13-18(2)14-26(28)41-33/h7-11,13-14,16-17,20,29,36H,5-6,12,15H2,1-4H3/t20-,29-/m0/s1. The van der Waals surface area contributed by atoms with Crippen LogP contribution in [0.2, 0.25) is 0 Å². The molecule has 0 spiro atoms. The molecule has 6 rings (SSSR count). The summed E-state index contributed by atoms with van der Waals surface area (Å²) >= 11 is 1.36. The first-order valence-electron chi connectivity index (χ1n) is 14.0. The number of fused-ring (bicyclic) bond motifs is 2. The van der Waals surface area contributed by atoms with Crippen LogP contribution in [0.3, 0.4) is 0 Å². The molecule has 3 heterocycles. The van der Waals surface area contributed by atoms with Crippen LogP contribution in [-0.4, -0.2) is 34.5 Å². The first-order valence-corrected chi connectivity index (χ1v) is 14.8. The van der Waals surface area contributed by atoms with Crippen molar-refractivity contribution in [2.75, 3.05) is 11.5 Å². The van der Waals surface area contributed by atoms with Crippen molar-refractivity contribution in [2.45, 2.75) is 59.1 Å². The van der Waals surface area contributed by atoms with E-state index in [2.05, 4.69) is 6.92 Å². The number of benzene rings is 3. The molecular weight excluding hydrogens is 536 g/mol. The van der Waals surface area contributed by atoms with E-state index in [-0.39, 0.29) is 17.4 Å². The number of hydrogen-bond donors (Lipinski definition) is 1. The molecule has 0 bridgehead atoms. The number of anilines is 1. The lowest BCUT2D eigenvalue weighted by Crippen LogP contribution is -2.29.